The number of rotatable bonds is 3. The Bertz CT molecular complexity index is 713. The van der Waals surface area contributed by atoms with Gasteiger partial charge in [-0.05, 0) is 19.1 Å². The van der Waals surface area contributed by atoms with Crippen LogP contribution in [0.4, 0.5) is 10.6 Å². The molecule has 2 heterocycles. The van der Waals surface area contributed by atoms with Gasteiger partial charge >= 0.3 is 6.03 Å². The average Bonchev–Trinajstić information content (AvgIpc) is 3.02. The second-order valence-corrected chi connectivity index (χ2v) is 4.33. The molecule has 0 unspecified atom stereocenters. The number of amides is 2. The third-order valence-electron chi connectivity index (χ3n) is 2.72. The Kier molecular flexibility index (Phi) is 3.08. The minimum Gasteiger partial charge on any atom is -0.360 e. The lowest BCUT2D eigenvalue weighted by Gasteiger charge is -2.02. The lowest BCUT2D eigenvalue weighted by molar-refractivity contribution is 0.251. The summed E-state index contributed by atoms with van der Waals surface area (Å²) in [5.41, 5.74) is 1.81. The number of hydrogen-bond donors (Lipinski definition) is 3. The maximum absolute atomic E-state index is 11.7. The van der Waals surface area contributed by atoms with Crippen molar-refractivity contribution in [2.75, 3.05) is 5.32 Å². The van der Waals surface area contributed by atoms with Crippen molar-refractivity contribution in [3.63, 3.8) is 0 Å². The largest absolute Gasteiger partial charge is 0.360 e. The number of aromatic nitrogens is 3. The predicted octanol–water partition coefficient (Wildman–Crippen LogP) is 2.18. The van der Waals surface area contributed by atoms with Crippen LogP contribution in [0.15, 0.2) is 34.9 Å². The Balaban J connectivity index is 1.59. The Morgan fingerprint density at radius 3 is 3.00 bits per heavy atom. The number of benzene rings is 1. The Morgan fingerprint density at radius 2 is 2.25 bits per heavy atom. The Labute approximate surface area is 114 Å². The molecule has 102 valence electrons. The highest BCUT2D eigenvalue weighted by molar-refractivity contribution is 5.88. The summed E-state index contributed by atoms with van der Waals surface area (Å²) in [4.78, 5) is 19.2. The number of carbonyl (C=O) groups excluding carboxylic acids is 1. The van der Waals surface area contributed by atoms with Gasteiger partial charge in [0.1, 0.15) is 11.6 Å². The molecule has 0 aliphatic carbocycles. The van der Waals surface area contributed by atoms with Gasteiger partial charge in [0.25, 0.3) is 0 Å². The third-order valence-corrected chi connectivity index (χ3v) is 2.72. The van der Waals surface area contributed by atoms with E-state index in [2.05, 4.69) is 25.8 Å². The van der Waals surface area contributed by atoms with Crippen LogP contribution < -0.4 is 10.6 Å². The van der Waals surface area contributed by atoms with Crippen molar-refractivity contribution in [1.82, 2.24) is 20.4 Å². The van der Waals surface area contributed by atoms with Gasteiger partial charge in [0, 0.05) is 6.07 Å². The molecule has 0 radical (unpaired) electrons. The van der Waals surface area contributed by atoms with Crippen molar-refractivity contribution in [2.45, 2.75) is 13.5 Å². The summed E-state index contributed by atoms with van der Waals surface area (Å²) in [7, 11) is 0. The third kappa shape index (κ3) is 2.61. The summed E-state index contributed by atoms with van der Waals surface area (Å²) in [6.07, 6.45) is 0. The van der Waals surface area contributed by atoms with Crippen molar-refractivity contribution in [1.29, 1.82) is 0 Å². The fourth-order valence-electron chi connectivity index (χ4n) is 1.84. The molecule has 0 atom stereocenters. The van der Waals surface area contributed by atoms with Gasteiger partial charge in [-0.1, -0.05) is 17.3 Å². The van der Waals surface area contributed by atoms with Crippen molar-refractivity contribution in [3.8, 4) is 0 Å². The number of nitrogens with one attached hydrogen (secondary N) is 3. The topological polar surface area (TPSA) is 95.8 Å². The quantitative estimate of drug-likeness (QED) is 0.680. The molecule has 0 spiro atoms. The summed E-state index contributed by atoms with van der Waals surface area (Å²) < 4.78 is 4.86. The summed E-state index contributed by atoms with van der Waals surface area (Å²) >= 11 is 0. The number of nitrogens with zero attached hydrogens (tertiary/aromatic N) is 2. The monoisotopic (exact) mass is 271 g/mol. The van der Waals surface area contributed by atoms with E-state index in [1.54, 1.807) is 13.0 Å². The van der Waals surface area contributed by atoms with Crippen LogP contribution in [0.3, 0.4) is 0 Å². The number of anilines is 1. The summed E-state index contributed by atoms with van der Waals surface area (Å²) in [6, 6.07) is 8.97. The van der Waals surface area contributed by atoms with Crippen LogP contribution in [-0.4, -0.2) is 21.2 Å². The second-order valence-electron chi connectivity index (χ2n) is 4.33. The number of imidazole rings is 1. The van der Waals surface area contributed by atoms with Crippen LogP contribution in [0, 0.1) is 6.92 Å². The van der Waals surface area contributed by atoms with Crippen LogP contribution in [0.1, 0.15) is 11.6 Å². The molecule has 2 aromatic heterocycles. The SMILES string of the molecule is Cc1cc(NC(=O)NCc2nc3ccccc3[nH]2)no1. The molecule has 7 nitrogen and oxygen atoms in total. The summed E-state index contributed by atoms with van der Waals surface area (Å²) in [5.74, 6) is 1.71. The van der Waals surface area contributed by atoms with Gasteiger partial charge in [0.15, 0.2) is 5.82 Å². The maximum Gasteiger partial charge on any atom is 0.320 e. The first kappa shape index (κ1) is 12.2. The first-order chi connectivity index (χ1) is 9.70. The van der Waals surface area contributed by atoms with Gasteiger partial charge in [-0.15, -0.1) is 0 Å². The van der Waals surface area contributed by atoms with E-state index in [0.29, 0.717) is 23.9 Å². The number of hydrogen-bond acceptors (Lipinski definition) is 4. The number of para-hydroxylation sites is 2. The van der Waals surface area contributed by atoms with E-state index in [0.717, 1.165) is 11.0 Å². The van der Waals surface area contributed by atoms with E-state index in [4.69, 9.17) is 4.52 Å². The fourth-order valence-corrected chi connectivity index (χ4v) is 1.84. The first-order valence-corrected chi connectivity index (χ1v) is 6.12. The van der Waals surface area contributed by atoms with E-state index < -0.39 is 0 Å². The second kappa shape index (κ2) is 5.04. The van der Waals surface area contributed by atoms with Crippen LogP contribution in [0.5, 0.6) is 0 Å². The number of aromatic amines is 1. The van der Waals surface area contributed by atoms with Crippen LogP contribution in [0.2, 0.25) is 0 Å². The zero-order chi connectivity index (χ0) is 13.9. The number of urea groups is 1. The summed E-state index contributed by atoms with van der Waals surface area (Å²) in [5, 5.41) is 8.94. The zero-order valence-corrected chi connectivity index (χ0v) is 10.8. The molecular formula is C13H13N5O2. The minimum absolute atomic E-state index is 0.303. The standard InChI is InChI=1S/C13H13N5O2/c1-8-6-11(18-20-8)17-13(19)14-7-12-15-9-4-2-3-5-10(9)16-12/h2-6H,7H2,1H3,(H,15,16)(H2,14,17,18,19). The first-order valence-electron chi connectivity index (χ1n) is 6.12. The van der Waals surface area contributed by atoms with Gasteiger partial charge in [-0.3, -0.25) is 5.32 Å². The van der Waals surface area contributed by atoms with E-state index >= 15 is 0 Å². The molecule has 0 saturated carbocycles. The Hall–Kier alpha value is -2.83. The lowest BCUT2D eigenvalue weighted by atomic mass is 10.3. The highest BCUT2D eigenvalue weighted by Gasteiger charge is 2.07. The Morgan fingerprint density at radius 1 is 1.40 bits per heavy atom. The fraction of sp³-hybridized carbons (Fsp3) is 0.154. The van der Waals surface area contributed by atoms with Crippen LogP contribution in [0.25, 0.3) is 11.0 Å². The number of carbonyl (C=O) groups is 1. The van der Waals surface area contributed by atoms with Gasteiger partial charge in [-0.2, -0.15) is 0 Å². The molecule has 2 amide bonds. The smallest absolute Gasteiger partial charge is 0.320 e. The molecule has 3 N–H and O–H groups in total. The molecule has 0 aliphatic heterocycles. The molecule has 0 saturated heterocycles. The molecular weight excluding hydrogens is 258 g/mol. The molecule has 20 heavy (non-hydrogen) atoms. The van der Waals surface area contributed by atoms with Crippen molar-refractivity contribution in [3.05, 3.63) is 41.9 Å². The van der Waals surface area contributed by atoms with Gasteiger partial charge in [-0.25, -0.2) is 9.78 Å². The predicted molar refractivity (Wildman–Crippen MR) is 73.2 cm³/mol. The number of aryl methyl sites for hydroxylation is 1. The molecule has 0 aliphatic rings. The molecule has 0 fully saturated rings. The molecule has 0 bridgehead atoms. The highest BCUT2D eigenvalue weighted by Crippen LogP contribution is 2.10. The van der Waals surface area contributed by atoms with Crippen molar-refractivity contribution in [2.24, 2.45) is 0 Å². The maximum atomic E-state index is 11.7. The number of H-pyrrole nitrogens is 1. The lowest BCUT2D eigenvalue weighted by Crippen LogP contribution is -2.28. The molecule has 3 rings (SSSR count). The molecule has 3 aromatic rings. The van der Waals surface area contributed by atoms with E-state index in [1.807, 2.05) is 24.3 Å². The van der Waals surface area contributed by atoms with Crippen molar-refractivity contribution >= 4 is 22.9 Å². The van der Waals surface area contributed by atoms with E-state index in [-0.39, 0.29) is 6.03 Å². The summed E-state index contributed by atoms with van der Waals surface area (Å²) in [6.45, 7) is 2.06. The molecule has 1 aromatic carbocycles. The van der Waals surface area contributed by atoms with Gasteiger partial charge in [0.2, 0.25) is 0 Å². The normalized spacial score (nSPS) is 10.7. The average molecular weight is 271 g/mol. The van der Waals surface area contributed by atoms with Crippen LogP contribution >= 0.6 is 0 Å². The van der Waals surface area contributed by atoms with E-state index in [1.165, 1.54) is 0 Å². The zero-order valence-electron chi connectivity index (χ0n) is 10.8. The molecule has 7 heteroatoms. The van der Waals surface area contributed by atoms with Gasteiger partial charge in [0.05, 0.1) is 17.6 Å². The van der Waals surface area contributed by atoms with Crippen LogP contribution in [-0.2, 0) is 6.54 Å². The van der Waals surface area contributed by atoms with Gasteiger partial charge < -0.3 is 14.8 Å². The minimum atomic E-state index is -0.362. The number of fused-ring (bicyclic) bond motifs is 1. The highest BCUT2D eigenvalue weighted by atomic mass is 16.5. The van der Waals surface area contributed by atoms with Crippen molar-refractivity contribution < 1.29 is 9.32 Å². The van der Waals surface area contributed by atoms with E-state index in [9.17, 15) is 4.79 Å².